The molecule has 1 aliphatic heterocycles. The molecule has 0 bridgehead atoms. The van der Waals surface area contributed by atoms with Crippen molar-refractivity contribution in [2.75, 3.05) is 13.1 Å². The van der Waals surface area contributed by atoms with Crippen molar-refractivity contribution in [2.45, 2.75) is 64.5 Å². The number of rotatable bonds is 3. The van der Waals surface area contributed by atoms with Crippen LogP contribution in [-0.2, 0) is 4.79 Å². The Labute approximate surface area is 105 Å². The summed E-state index contributed by atoms with van der Waals surface area (Å²) in [6.07, 6.45) is 7.91. The van der Waals surface area contributed by atoms with Crippen LogP contribution in [0.2, 0.25) is 0 Å². The summed E-state index contributed by atoms with van der Waals surface area (Å²) in [5.74, 6) is 0.320. The SMILES string of the molecule is CC(C)C(=O)NC1CCCN(C2CCCC2)C1. The Balaban J connectivity index is 1.82. The second-order valence-corrected chi connectivity index (χ2v) is 5.94. The minimum atomic E-state index is 0.108. The summed E-state index contributed by atoms with van der Waals surface area (Å²) in [6.45, 7) is 6.24. The number of hydrogen-bond donors (Lipinski definition) is 1. The lowest BCUT2D eigenvalue weighted by Crippen LogP contribution is -2.51. The Bertz CT molecular complexity index is 259. The average Bonchev–Trinajstić information content (AvgIpc) is 2.82. The molecule has 3 heteroatoms. The van der Waals surface area contributed by atoms with Gasteiger partial charge in [0, 0.05) is 24.5 Å². The van der Waals surface area contributed by atoms with Crippen LogP contribution in [0.3, 0.4) is 0 Å². The maximum absolute atomic E-state index is 11.7. The quantitative estimate of drug-likeness (QED) is 0.817. The van der Waals surface area contributed by atoms with Crippen LogP contribution in [0, 0.1) is 5.92 Å². The minimum Gasteiger partial charge on any atom is -0.352 e. The number of carbonyl (C=O) groups is 1. The molecule has 0 spiro atoms. The summed E-state index contributed by atoms with van der Waals surface area (Å²) in [4.78, 5) is 14.3. The molecule has 0 aromatic carbocycles. The second kappa shape index (κ2) is 5.85. The van der Waals surface area contributed by atoms with Crippen molar-refractivity contribution in [2.24, 2.45) is 5.92 Å². The Morgan fingerprint density at radius 1 is 1.18 bits per heavy atom. The van der Waals surface area contributed by atoms with E-state index in [9.17, 15) is 4.79 Å². The Morgan fingerprint density at radius 2 is 1.88 bits per heavy atom. The highest BCUT2D eigenvalue weighted by atomic mass is 16.1. The number of likely N-dealkylation sites (tertiary alicyclic amines) is 1. The van der Waals surface area contributed by atoms with E-state index in [1.54, 1.807) is 0 Å². The number of piperidine rings is 1. The standard InChI is InChI=1S/C14H26N2O/c1-11(2)14(17)15-12-6-5-9-16(10-12)13-7-3-4-8-13/h11-13H,3-10H2,1-2H3,(H,15,17). The van der Waals surface area contributed by atoms with Gasteiger partial charge in [-0.25, -0.2) is 0 Å². The smallest absolute Gasteiger partial charge is 0.222 e. The van der Waals surface area contributed by atoms with E-state index in [4.69, 9.17) is 0 Å². The number of hydrogen-bond acceptors (Lipinski definition) is 2. The molecule has 3 nitrogen and oxygen atoms in total. The Hall–Kier alpha value is -0.570. The fourth-order valence-electron chi connectivity index (χ4n) is 3.09. The number of amides is 1. The molecule has 2 rings (SSSR count). The zero-order valence-electron chi connectivity index (χ0n) is 11.2. The van der Waals surface area contributed by atoms with E-state index in [1.807, 2.05) is 13.8 Å². The highest BCUT2D eigenvalue weighted by Gasteiger charge is 2.28. The van der Waals surface area contributed by atoms with Crippen molar-refractivity contribution in [3.8, 4) is 0 Å². The van der Waals surface area contributed by atoms with Crippen molar-refractivity contribution in [1.29, 1.82) is 0 Å². The average molecular weight is 238 g/mol. The largest absolute Gasteiger partial charge is 0.352 e. The third-order valence-electron chi connectivity index (χ3n) is 4.16. The third kappa shape index (κ3) is 3.44. The van der Waals surface area contributed by atoms with Gasteiger partial charge >= 0.3 is 0 Å². The lowest BCUT2D eigenvalue weighted by molar-refractivity contribution is -0.125. The number of nitrogens with one attached hydrogen (secondary N) is 1. The molecule has 98 valence electrons. The molecule has 1 unspecified atom stereocenters. The first-order valence-electron chi connectivity index (χ1n) is 7.21. The van der Waals surface area contributed by atoms with Crippen LogP contribution in [0.4, 0.5) is 0 Å². The van der Waals surface area contributed by atoms with E-state index < -0.39 is 0 Å². The van der Waals surface area contributed by atoms with Crippen molar-refractivity contribution < 1.29 is 4.79 Å². The second-order valence-electron chi connectivity index (χ2n) is 5.94. The molecule has 2 fully saturated rings. The van der Waals surface area contributed by atoms with Gasteiger partial charge in [0.05, 0.1) is 0 Å². The van der Waals surface area contributed by atoms with Crippen molar-refractivity contribution >= 4 is 5.91 Å². The van der Waals surface area contributed by atoms with Crippen molar-refractivity contribution in [3.63, 3.8) is 0 Å². The first kappa shape index (κ1) is 12.9. The molecule has 17 heavy (non-hydrogen) atoms. The van der Waals surface area contributed by atoms with Crippen LogP contribution < -0.4 is 5.32 Å². The van der Waals surface area contributed by atoms with Crippen LogP contribution >= 0.6 is 0 Å². The van der Waals surface area contributed by atoms with Crippen molar-refractivity contribution in [3.05, 3.63) is 0 Å². The van der Waals surface area contributed by atoms with Gasteiger partial charge in [0.2, 0.25) is 5.91 Å². The molecule has 1 heterocycles. The van der Waals surface area contributed by atoms with E-state index in [0.717, 1.165) is 19.0 Å². The molecule has 1 amide bonds. The molecule has 0 aromatic rings. The zero-order chi connectivity index (χ0) is 12.3. The minimum absolute atomic E-state index is 0.108. The Kier molecular flexibility index (Phi) is 4.43. The van der Waals surface area contributed by atoms with Gasteiger partial charge in [-0.1, -0.05) is 26.7 Å². The summed E-state index contributed by atoms with van der Waals surface area (Å²) in [5.41, 5.74) is 0. The zero-order valence-corrected chi connectivity index (χ0v) is 11.2. The summed E-state index contributed by atoms with van der Waals surface area (Å²) >= 11 is 0. The van der Waals surface area contributed by atoms with Gasteiger partial charge in [0.1, 0.15) is 0 Å². The molecule has 1 saturated carbocycles. The van der Waals surface area contributed by atoms with Gasteiger partial charge < -0.3 is 5.32 Å². The molecular formula is C14H26N2O. The highest BCUT2D eigenvalue weighted by molar-refractivity contribution is 5.78. The summed E-state index contributed by atoms with van der Waals surface area (Å²) in [5, 5.41) is 3.19. The first-order valence-corrected chi connectivity index (χ1v) is 7.21. The molecule has 1 aliphatic carbocycles. The van der Waals surface area contributed by atoms with Gasteiger partial charge in [0.15, 0.2) is 0 Å². The monoisotopic (exact) mass is 238 g/mol. The first-order chi connectivity index (χ1) is 8.16. The predicted molar refractivity (Wildman–Crippen MR) is 69.8 cm³/mol. The summed E-state index contributed by atoms with van der Waals surface area (Å²) in [6, 6.07) is 1.19. The normalized spacial score (nSPS) is 27.6. The van der Waals surface area contributed by atoms with Gasteiger partial charge in [0.25, 0.3) is 0 Å². The summed E-state index contributed by atoms with van der Waals surface area (Å²) in [7, 11) is 0. The van der Waals surface area contributed by atoms with Crippen LogP contribution in [0.15, 0.2) is 0 Å². The number of carbonyl (C=O) groups excluding carboxylic acids is 1. The predicted octanol–water partition coefficient (Wildman–Crippen LogP) is 2.17. The highest BCUT2D eigenvalue weighted by Crippen LogP contribution is 2.26. The molecule has 0 aromatic heterocycles. The maximum Gasteiger partial charge on any atom is 0.222 e. The molecule has 2 aliphatic rings. The van der Waals surface area contributed by atoms with E-state index in [-0.39, 0.29) is 11.8 Å². The molecule has 1 N–H and O–H groups in total. The molecule has 0 radical (unpaired) electrons. The van der Waals surface area contributed by atoms with Crippen LogP contribution in [-0.4, -0.2) is 36.0 Å². The van der Waals surface area contributed by atoms with Gasteiger partial charge in [-0.3, -0.25) is 9.69 Å². The van der Waals surface area contributed by atoms with Crippen LogP contribution in [0.1, 0.15) is 52.4 Å². The van der Waals surface area contributed by atoms with Crippen molar-refractivity contribution in [1.82, 2.24) is 10.2 Å². The fraction of sp³-hybridized carbons (Fsp3) is 0.929. The van der Waals surface area contributed by atoms with Gasteiger partial charge in [-0.15, -0.1) is 0 Å². The molecule has 1 saturated heterocycles. The van der Waals surface area contributed by atoms with Crippen LogP contribution in [0.5, 0.6) is 0 Å². The third-order valence-corrected chi connectivity index (χ3v) is 4.16. The van der Waals surface area contributed by atoms with Crippen LogP contribution in [0.25, 0.3) is 0 Å². The lowest BCUT2D eigenvalue weighted by Gasteiger charge is -2.37. The molecular weight excluding hydrogens is 212 g/mol. The van der Waals surface area contributed by atoms with E-state index in [1.165, 1.54) is 38.6 Å². The lowest BCUT2D eigenvalue weighted by atomic mass is 10.0. The molecule has 1 atom stereocenters. The maximum atomic E-state index is 11.7. The van der Waals surface area contributed by atoms with E-state index in [0.29, 0.717) is 6.04 Å². The number of nitrogens with zero attached hydrogens (tertiary/aromatic N) is 1. The van der Waals surface area contributed by atoms with Gasteiger partial charge in [-0.05, 0) is 32.2 Å². The van der Waals surface area contributed by atoms with E-state index in [2.05, 4.69) is 10.2 Å². The summed E-state index contributed by atoms with van der Waals surface area (Å²) < 4.78 is 0. The van der Waals surface area contributed by atoms with Gasteiger partial charge in [-0.2, -0.15) is 0 Å². The topological polar surface area (TPSA) is 32.3 Å². The fourth-order valence-corrected chi connectivity index (χ4v) is 3.09. The van der Waals surface area contributed by atoms with E-state index >= 15 is 0 Å². The Morgan fingerprint density at radius 3 is 2.53 bits per heavy atom.